The van der Waals surface area contributed by atoms with Gasteiger partial charge in [0.05, 0.1) is 10.6 Å². The Balaban J connectivity index is 1.94. The predicted molar refractivity (Wildman–Crippen MR) is 120 cm³/mol. The van der Waals surface area contributed by atoms with Crippen LogP contribution < -0.4 is 5.56 Å². The van der Waals surface area contributed by atoms with Crippen molar-refractivity contribution in [3.05, 3.63) is 110 Å². The Labute approximate surface area is 181 Å². The number of benzene rings is 3. The van der Waals surface area contributed by atoms with Crippen LogP contribution in [0, 0.1) is 5.82 Å². The first-order chi connectivity index (χ1) is 14.5. The molecular weight excluding hydrogens is 424 g/mol. The minimum Gasteiger partial charge on any atom is -0.321 e. The van der Waals surface area contributed by atoms with E-state index < -0.39 is 17.2 Å². The first-order valence-corrected chi connectivity index (χ1v) is 9.78. The lowest BCUT2D eigenvalue weighted by atomic mass is 9.94. The van der Waals surface area contributed by atoms with E-state index in [9.17, 15) is 14.0 Å². The molecule has 0 fully saturated rings. The molecule has 6 heteroatoms. The number of hydrogen-bond acceptors (Lipinski definition) is 2. The number of carbonyl (C=O) groups excluding carboxylic acids is 1. The van der Waals surface area contributed by atoms with E-state index in [2.05, 4.69) is 4.98 Å². The summed E-state index contributed by atoms with van der Waals surface area (Å²) in [6.45, 7) is 0. The second-order valence-corrected chi connectivity index (χ2v) is 7.44. The van der Waals surface area contributed by atoms with Crippen molar-refractivity contribution < 1.29 is 9.18 Å². The van der Waals surface area contributed by atoms with Crippen LogP contribution in [0.25, 0.3) is 28.1 Å². The number of fused-ring (bicyclic) bond motifs is 1. The summed E-state index contributed by atoms with van der Waals surface area (Å²) in [5.74, 6) is -1.13. The molecule has 0 radical (unpaired) electrons. The SMILES string of the molecule is O=C(C=Cc1c(F)cccc1Cl)c1c(-c2ccccc2)c2cc(Cl)ccc2[nH]c1=O. The van der Waals surface area contributed by atoms with E-state index in [1.54, 1.807) is 18.2 Å². The number of carbonyl (C=O) groups is 1. The van der Waals surface area contributed by atoms with Crippen molar-refractivity contribution in [1.82, 2.24) is 4.98 Å². The minimum absolute atomic E-state index is 0.0559. The summed E-state index contributed by atoms with van der Waals surface area (Å²) in [5, 5.41) is 1.27. The fraction of sp³-hybridized carbons (Fsp3) is 0. The molecule has 1 N–H and O–H groups in total. The number of pyridine rings is 1. The molecule has 0 amide bonds. The molecule has 4 aromatic rings. The topological polar surface area (TPSA) is 49.9 Å². The average Bonchev–Trinajstić information content (AvgIpc) is 2.73. The van der Waals surface area contributed by atoms with Gasteiger partial charge in [-0.05, 0) is 48.0 Å². The highest BCUT2D eigenvalue weighted by molar-refractivity contribution is 6.32. The van der Waals surface area contributed by atoms with Gasteiger partial charge in [-0.2, -0.15) is 0 Å². The third-order valence-electron chi connectivity index (χ3n) is 4.69. The van der Waals surface area contributed by atoms with Crippen molar-refractivity contribution in [3.8, 4) is 11.1 Å². The zero-order valence-electron chi connectivity index (χ0n) is 15.5. The molecule has 0 saturated carbocycles. The molecule has 0 aliphatic carbocycles. The van der Waals surface area contributed by atoms with E-state index in [0.717, 1.165) is 6.08 Å². The highest BCUT2D eigenvalue weighted by Gasteiger charge is 2.19. The maximum Gasteiger partial charge on any atom is 0.260 e. The lowest BCUT2D eigenvalue weighted by Gasteiger charge is -2.12. The third kappa shape index (κ3) is 3.80. The van der Waals surface area contributed by atoms with Crippen molar-refractivity contribution in [2.75, 3.05) is 0 Å². The number of rotatable bonds is 4. The zero-order valence-corrected chi connectivity index (χ0v) is 17.0. The van der Waals surface area contributed by atoms with E-state index in [-0.39, 0.29) is 16.1 Å². The summed E-state index contributed by atoms with van der Waals surface area (Å²) in [4.78, 5) is 28.7. The van der Waals surface area contributed by atoms with E-state index in [1.807, 2.05) is 30.3 Å². The van der Waals surface area contributed by atoms with Crippen LogP contribution in [0.5, 0.6) is 0 Å². The van der Waals surface area contributed by atoms with Crippen molar-refractivity contribution in [2.45, 2.75) is 0 Å². The van der Waals surface area contributed by atoms with Crippen LogP contribution in [0.2, 0.25) is 10.0 Å². The second kappa shape index (κ2) is 8.27. The fourth-order valence-corrected chi connectivity index (χ4v) is 3.72. The van der Waals surface area contributed by atoms with E-state index in [1.165, 1.54) is 24.3 Å². The molecule has 30 heavy (non-hydrogen) atoms. The molecule has 0 atom stereocenters. The van der Waals surface area contributed by atoms with Crippen LogP contribution in [-0.4, -0.2) is 10.8 Å². The lowest BCUT2D eigenvalue weighted by molar-refractivity contribution is 0.104. The van der Waals surface area contributed by atoms with Crippen LogP contribution in [0.3, 0.4) is 0 Å². The van der Waals surface area contributed by atoms with Gasteiger partial charge in [0.15, 0.2) is 5.78 Å². The molecule has 0 bridgehead atoms. The Morgan fingerprint density at radius 3 is 2.47 bits per heavy atom. The predicted octanol–water partition coefficient (Wildman–Crippen LogP) is 6.54. The Kier molecular flexibility index (Phi) is 5.53. The average molecular weight is 438 g/mol. The van der Waals surface area contributed by atoms with Crippen molar-refractivity contribution in [2.24, 2.45) is 0 Å². The quantitative estimate of drug-likeness (QED) is 0.291. The van der Waals surface area contributed by atoms with Gasteiger partial charge in [0.1, 0.15) is 5.82 Å². The summed E-state index contributed by atoms with van der Waals surface area (Å²) in [7, 11) is 0. The smallest absolute Gasteiger partial charge is 0.260 e. The molecule has 0 aliphatic rings. The Morgan fingerprint density at radius 1 is 0.967 bits per heavy atom. The first-order valence-electron chi connectivity index (χ1n) is 9.03. The Hall–Kier alpha value is -3.21. The van der Waals surface area contributed by atoms with Crippen LogP contribution in [0.1, 0.15) is 15.9 Å². The van der Waals surface area contributed by atoms with Crippen LogP contribution in [0.4, 0.5) is 4.39 Å². The lowest BCUT2D eigenvalue weighted by Crippen LogP contribution is -2.18. The zero-order chi connectivity index (χ0) is 21.3. The minimum atomic E-state index is -0.573. The Bertz CT molecular complexity index is 1340. The van der Waals surface area contributed by atoms with Crippen LogP contribution in [-0.2, 0) is 0 Å². The summed E-state index contributed by atoms with van der Waals surface area (Å²) in [6, 6.07) is 18.4. The van der Waals surface area contributed by atoms with Gasteiger partial charge >= 0.3 is 0 Å². The maximum atomic E-state index is 14.0. The van der Waals surface area contributed by atoms with E-state index in [4.69, 9.17) is 23.2 Å². The molecule has 0 spiro atoms. The van der Waals surface area contributed by atoms with Crippen molar-refractivity contribution in [3.63, 3.8) is 0 Å². The number of allylic oxidation sites excluding steroid dienone is 1. The molecule has 4 rings (SSSR count). The van der Waals surface area contributed by atoms with E-state index in [0.29, 0.717) is 27.1 Å². The van der Waals surface area contributed by atoms with E-state index >= 15 is 0 Å². The molecule has 148 valence electrons. The van der Waals surface area contributed by atoms with Gasteiger partial charge in [-0.1, -0.05) is 59.6 Å². The summed E-state index contributed by atoms with van der Waals surface area (Å²) in [6.07, 6.45) is 2.42. The number of aromatic amines is 1. The third-order valence-corrected chi connectivity index (χ3v) is 5.25. The molecule has 1 aromatic heterocycles. The second-order valence-electron chi connectivity index (χ2n) is 6.59. The summed E-state index contributed by atoms with van der Waals surface area (Å²) in [5.41, 5.74) is 1.19. The van der Waals surface area contributed by atoms with Crippen molar-refractivity contribution >= 4 is 46.0 Å². The highest BCUT2D eigenvalue weighted by Crippen LogP contribution is 2.32. The number of hydrogen-bond donors (Lipinski definition) is 1. The normalized spacial score (nSPS) is 11.3. The van der Waals surface area contributed by atoms with Gasteiger partial charge in [0, 0.05) is 27.1 Å². The van der Waals surface area contributed by atoms with Gasteiger partial charge in [0.2, 0.25) is 0 Å². The highest BCUT2D eigenvalue weighted by atomic mass is 35.5. The van der Waals surface area contributed by atoms with Gasteiger partial charge < -0.3 is 4.98 Å². The standard InChI is InChI=1S/C24H14Cl2FNO2/c25-15-9-11-20-17(13-15)22(14-5-2-1-3-6-14)23(24(30)28-20)21(29)12-10-16-18(26)7-4-8-19(16)27/h1-13H,(H,28,30). The molecule has 1 heterocycles. The van der Waals surface area contributed by atoms with Gasteiger partial charge in [0.25, 0.3) is 5.56 Å². The van der Waals surface area contributed by atoms with Gasteiger partial charge in [-0.15, -0.1) is 0 Å². The van der Waals surface area contributed by atoms with Crippen molar-refractivity contribution in [1.29, 1.82) is 0 Å². The molecular formula is C24H14Cl2FNO2. The van der Waals surface area contributed by atoms with Crippen LogP contribution in [0.15, 0.2) is 77.6 Å². The van der Waals surface area contributed by atoms with Gasteiger partial charge in [-0.3, -0.25) is 9.59 Å². The number of ketones is 1. The summed E-state index contributed by atoms with van der Waals surface area (Å²) < 4.78 is 14.0. The molecule has 0 unspecified atom stereocenters. The largest absolute Gasteiger partial charge is 0.321 e. The fourth-order valence-electron chi connectivity index (χ4n) is 3.32. The molecule has 0 aliphatic heterocycles. The maximum absolute atomic E-state index is 14.0. The Morgan fingerprint density at radius 2 is 1.73 bits per heavy atom. The summed E-state index contributed by atoms with van der Waals surface area (Å²) >= 11 is 12.2. The number of H-pyrrole nitrogens is 1. The van der Waals surface area contributed by atoms with Crippen LogP contribution >= 0.6 is 23.2 Å². The first kappa shape index (κ1) is 20.1. The number of halogens is 3. The van der Waals surface area contributed by atoms with Gasteiger partial charge in [-0.25, -0.2) is 4.39 Å². The molecule has 3 nitrogen and oxygen atoms in total. The monoisotopic (exact) mass is 437 g/mol. The number of aromatic nitrogens is 1. The molecule has 3 aromatic carbocycles. The molecule has 0 saturated heterocycles. The number of nitrogens with one attached hydrogen (secondary N) is 1.